The molecule has 5 rings (SSSR count). The molecule has 0 aliphatic carbocycles. The van der Waals surface area contributed by atoms with Crippen molar-refractivity contribution < 1.29 is 53.7 Å². The number of carboxylic acids is 1. The molecule has 0 saturated carbocycles. The van der Waals surface area contributed by atoms with Gasteiger partial charge < -0.3 is 44.1 Å². The number of carbonyl (C=O) groups excluding carboxylic acids is 1. The van der Waals surface area contributed by atoms with E-state index in [1.807, 2.05) is 41.5 Å². The van der Waals surface area contributed by atoms with E-state index in [0.717, 1.165) is 6.42 Å². The summed E-state index contributed by atoms with van der Waals surface area (Å²) in [6, 6.07) is 0. The standard InChI is InChI=1S/C42H70O11.Na/c1-11-29(38(46)47)31-15-14-23(4)36(50-31)27(8)34(44)26(7)35(45)30(12-2)37-24(5)22-25(6)41(51-37)19-16-32(43)42(53-41)21-20-39(10,52-42)33-17-18-40(48,13-3)28(9)49-33;/h16,19,23-34,36-37,43-44,48H,11-15,17-18,20-22H2,1-10H3,(H,46,47);/t23-,24-,25+,26+,27-,28-,29-,30+,31+,32+,33?,34-,36?,37?,39+,40+,41-,42-;/m0./s1. The van der Waals surface area contributed by atoms with Gasteiger partial charge in [0.1, 0.15) is 11.9 Å². The fourth-order valence-corrected chi connectivity index (χ4v) is 10.5. The van der Waals surface area contributed by atoms with Crippen LogP contribution < -0.4 is 0 Å². The number of carbonyl (C=O) groups is 2. The maximum absolute atomic E-state index is 14.4. The van der Waals surface area contributed by atoms with Gasteiger partial charge >= 0.3 is 5.97 Å². The number of hydrogen-bond acceptors (Lipinski definition) is 10. The van der Waals surface area contributed by atoms with E-state index in [0.29, 0.717) is 57.8 Å². The van der Waals surface area contributed by atoms with Gasteiger partial charge in [0.15, 0.2) is 5.79 Å². The minimum atomic E-state index is -1.37. The normalized spacial score (nSPS) is 45.3. The summed E-state index contributed by atoms with van der Waals surface area (Å²) in [5.41, 5.74) is -1.63. The molecule has 54 heavy (non-hydrogen) atoms. The van der Waals surface area contributed by atoms with Crippen molar-refractivity contribution in [3.8, 4) is 0 Å². The first-order chi connectivity index (χ1) is 24.8. The summed E-state index contributed by atoms with van der Waals surface area (Å²) in [6.45, 7) is 19.6. The van der Waals surface area contributed by atoms with Gasteiger partial charge in [-0.2, -0.15) is 0 Å². The molecule has 5 aliphatic heterocycles. The minimum absolute atomic E-state index is 0. The van der Waals surface area contributed by atoms with Crippen LogP contribution in [0.2, 0.25) is 0 Å². The number of ketones is 1. The van der Waals surface area contributed by atoms with Crippen LogP contribution in [0, 0.1) is 41.4 Å². The Kier molecular flexibility index (Phi) is 15.3. The van der Waals surface area contributed by atoms with Crippen LogP contribution in [0.25, 0.3) is 0 Å². The van der Waals surface area contributed by atoms with Crippen LogP contribution in [0.5, 0.6) is 0 Å². The zero-order chi connectivity index (χ0) is 39.3. The summed E-state index contributed by atoms with van der Waals surface area (Å²) in [6.07, 6.45) is 5.51. The summed E-state index contributed by atoms with van der Waals surface area (Å²) in [5, 5.41) is 44.0. The molecule has 0 aromatic heterocycles. The average Bonchev–Trinajstić information content (AvgIpc) is 3.47. The number of ether oxygens (including phenoxy) is 5. The van der Waals surface area contributed by atoms with E-state index in [-0.39, 0.29) is 71.4 Å². The van der Waals surface area contributed by atoms with Gasteiger partial charge in [-0.15, -0.1) is 0 Å². The molecule has 5 heterocycles. The molecule has 5 aliphatic rings. The molecule has 2 spiro atoms. The Morgan fingerprint density at radius 2 is 1.56 bits per heavy atom. The molecule has 4 saturated heterocycles. The van der Waals surface area contributed by atoms with Gasteiger partial charge in [0, 0.05) is 59.6 Å². The molecular weight excluding hydrogens is 703 g/mol. The van der Waals surface area contributed by atoms with Crippen LogP contribution >= 0.6 is 0 Å². The van der Waals surface area contributed by atoms with Crippen molar-refractivity contribution in [1.29, 1.82) is 0 Å². The Labute approximate surface area is 345 Å². The van der Waals surface area contributed by atoms with Gasteiger partial charge in [-0.25, -0.2) is 0 Å². The number of carboxylic acid groups (broad SMARTS) is 1. The molecule has 12 heteroatoms. The smallest absolute Gasteiger partial charge is 0.309 e. The van der Waals surface area contributed by atoms with Crippen molar-refractivity contribution in [2.45, 2.75) is 199 Å². The first-order valence-corrected chi connectivity index (χ1v) is 20.7. The first-order valence-electron chi connectivity index (χ1n) is 20.7. The van der Waals surface area contributed by atoms with Crippen LogP contribution in [0.4, 0.5) is 0 Å². The second-order valence-corrected chi connectivity index (χ2v) is 17.9. The molecule has 4 fully saturated rings. The van der Waals surface area contributed by atoms with Gasteiger partial charge in [0.05, 0.1) is 53.7 Å². The van der Waals surface area contributed by atoms with Crippen molar-refractivity contribution in [2.24, 2.45) is 41.4 Å². The van der Waals surface area contributed by atoms with Gasteiger partial charge in [-0.05, 0) is 95.6 Å². The minimum Gasteiger partial charge on any atom is -0.481 e. The number of rotatable bonds is 12. The Morgan fingerprint density at radius 1 is 0.889 bits per heavy atom. The van der Waals surface area contributed by atoms with E-state index in [4.69, 9.17) is 23.7 Å². The van der Waals surface area contributed by atoms with E-state index in [9.17, 15) is 30.0 Å². The van der Waals surface area contributed by atoms with Crippen LogP contribution in [-0.4, -0.2) is 127 Å². The Bertz CT molecular complexity index is 1330. The van der Waals surface area contributed by atoms with E-state index < -0.39 is 76.8 Å². The molecule has 0 bridgehead atoms. The fourth-order valence-electron chi connectivity index (χ4n) is 10.5. The third kappa shape index (κ3) is 8.63. The van der Waals surface area contributed by atoms with Crippen molar-refractivity contribution in [1.82, 2.24) is 0 Å². The SMILES string of the molecule is CC[C@H](C(=O)[C@H](C)[C@H](O)[C@H](C)C1O[C@@H]([C@H](CC)C(=O)O)CC[C@@H]1C)C1O[C@]2(C=C[C@@H](O)[C@]3(CC[C@](C)(C4CC[C@](O)(CC)[C@H](C)O4)O3)O2)[C@H](C)C[C@@H]1C.[Na]. The Balaban J connectivity index is 0.00000650. The molecule has 0 aromatic carbocycles. The molecular formula is C42H70NaO11. The molecule has 4 N–H and O–H groups in total. The molecule has 1 radical (unpaired) electrons. The van der Waals surface area contributed by atoms with E-state index in [1.165, 1.54) is 0 Å². The number of aliphatic carboxylic acids is 1. The van der Waals surface area contributed by atoms with Crippen molar-refractivity contribution >= 4 is 41.3 Å². The molecule has 18 atom stereocenters. The van der Waals surface area contributed by atoms with Crippen LogP contribution in [0.3, 0.4) is 0 Å². The predicted octanol–water partition coefficient (Wildman–Crippen LogP) is 5.81. The van der Waals surface area contributed by atoms with Gasteiger partial charge in [-0.3, -0.25) is 9.59 Å². The fraction of sp³-hybridized carbons (Fsp3) is 0.905. The maximum Gasteiger partial charge on any atom is 0.309 e. The predicted molar refractivity (Wildman–Crippen MR) is 204 cm³/mol. The molecule has 11 nitrogen and oxygen atoms in total. The average molecular weight is 774 g/mol. The second-order valence-electron chi connectivity index (χ2n) is 17.9. The monoisotopic (exact) mass is 773 g/mol. The van der Waals surface area contributed by atoms with Crippen molar-refractivity contribution in [3.05, 3.63) is 12.2 Å². The third-order valence-electron chi connectivity index (χ3n) is 14.4. The zero-order valence-electron chi connectivity index (χ0n) is 35.0. The van der Waals surface area contributed by atoms with Gasteiger partial charge in [0.2, 0.25) is 5.79 Å². The van der Waals surface area contributed by atoms with E-state index in [2.05, 4.69) is 20.8 Å². The third-order valence-corrected chi connectivity index (χ3v) is 14.4. The topological polar surface area (TPSA) is 161 Å². The van der Waals surface area contributed by atoms with E-state index >= 15 is 0 Å². The van der Waals surface area contributed by atoms with Gasteiger partial charge in [0.25, 0.3) is 0 Å². The molecule has 3 unspecified atom stereocenters. The summed E-state index contributed by atoms with van der Waals surface area (Å²) < 4.78 is 33.5. The van der Waals surface area contributed by atoms with Crippen molar-refractivity contribution in [2.75, 3.05) is 0 Å². The largest absolute Gasteiger partial charge is 0.481 e. The van der Waals surface area contributed by atoms with Crippen LogP contribution in [0.1, 0.15) is 133 Å². The molecule has 0 aromatic rings. The van der Waals surface area contributed by atoms with Crippen molar-refractivity contribution in [3.63, 3.8) is 0 Å². The molecule has 0 amide bonds. The summed E-state index contributed by atoms with van der Waals surface area (Å²) in [7, 11) is 0. The zero-order valence-corrected chi connectivity index (χ0v) is 37.0. The molecule has 305 valence electrons. The summed E-state index contributed by atoms with van der Waals surface area (Å²) in [4.78, 5) is 26.4. The second kappa shape index (κ2) is 17.8. The first kappa shape index (κ1) is 46.3. The Hall–Kier alpha value is -0.440. The number of hydrogen-bond donors (Lipinski definition) is 4. The summed E-state index contributed by atoms with van der Waals surface area (Å²) >= 11 is 0. The number of Topliss-reactive ketones (excluding diaryl/α,β-unsaturated/α-hetero) is 1. The van der Waals surface area contributed by atoms with Gasteiger partial charge in [-0.1, -0.05) is 55.4 Å². The quantitative estimate of drug-likeness (QED) is 0.140. The van der Waals surface area contributed by atoms with E-state index in [1.54, 1.807) is 19.1 Å². The maximum atomic E-state index is 14.4. The Morgan fingerprint density at radius 3 is 2.15 bits per heavy atom. The van der Waals surface area contributed by atoms with Crippen LogP contribution in [0.15, 0.2) is 12.2 Å². The number of aliphatic hydroxyl groups excluding tert-OH is 2. The summed E-state index contributed by atoms with van der Waals surface area (Å²) in [5.74, 6) is -5.78. The van der Waals surface area contributed by atoms with Crippen LogP contribution in [-0.2, 0) is 33.3 Å². The number of aliphatic hydroxyl groups is 3.